The third-order valence-electron chi connectivity index (χ3n) is 4.15. The molecule has 2 aliphatic rings. The molecule has 6 nitrogen and oxygen atoms in total. The topological polar surface area (TPSA) is 76.5 Å². The first-order valence-electron chi connectivity index (χ1n) is 7.83. The van der Waals surface area contributed by atoms with Crippen LogP contribution in [0.1, 0.15) is 6.92 Å². The predicted octanol–water partition coefficient (Wildman–Crippen LogP) is 4.42. The van der Waals surface area contributed by atoms with Gasteiger partial charge in [0.15, 0.2) is 6.03 Å². The molecule has 0 aliphatic carbocycles. The Morgan fingerprint density at radius 3 is 2.79 bits per heavy atom. The molecule has 9 heteroatoms. The summed E-state index contributed by atoms with van der Waals surface area (Å²) < 4.78 is 18.1. The van der Waals surface area contributed by atoms with Gasteiger partial charge in [-0.15, -0.1) is 0 Å². The van der Waals surface area contributed by atoms with Crippen molar-refractivity contribution in [2.45, 2.75) is 41.5 Å². The molecule has 0 saturated carbocycles. The summed E-state index contributed by atoms with van der Waals surface area (Å²) in [6, 6.07) is 9.61. The molecule has 0 bridgehead atoms. The highest BCUT2D eigenvalue weighted by molar-refractivity contribution is 8.11. The molecule has 0 amide bonds. The zero-order valence-electron chi connectivity index (χ0n) is 13.5. The van der Waals surface area contributed by atoms with Crippen LogP contribution in [0.3, 0.4) is 0 Å². The van der Waals surface area contributed by atoms with Gasteiger partial charge in [0.05, 0.1) is 18.8 Å². The number of hydrogen-bond acceptors (Lipinski definition) is 5. The summed E-state index contributed by atoms with van der Waals surface area (Å²) in [5, 5.41) is 4.02. The van der Waals surface area contributed by atoms with E-state index in [0.29, 0.717) is 14.9 Å². The fraction of sp³-hybridized carbons (Fsp3) is 0.600. The van der Waals surface area contributed by atoms with Crippen LogP contribution in [0.4, 0.5) is 0 Å². The minimum absolute atomic E-state index is 0.0808. The summed E-state index contributed by atoms with van der Waals surface area (Å²) in [7, 11) is 1.45. The van der Waals surface area contributed by atoms with Crippen LogP contribution in [0.25, 0.3) is 10.4 Å². The van der Waals surface area contributed by atoms with Crippen molar-refractivity contribution in [3.63, 3.8) is 0 Å². The van der Waals surface area contributed by atoms with E-state index in [0.717, 1.165) is 13.2 Å². The Morgan fingerprint density at radius 2 is 2.08 bits per heavy atom. The average Bonchev–Trinajstić information content (AvgIpc) is 2.60. The van der Waals surface area contributed by atoms with Crippen molar-refractivity contribution < 1.29 is 14.2 Å². The lowest BCUT2D eigenvalue weighted by Crippen LogP contribution is -2.57. The number of ether oxygens (including phenoxy) is 3. The third kappa shape index (κ3) is 4.23. The Balaban J connectivity index is 1.76. The first kappa shape index (κ1) is 18.4. The monoisotopic (exact) mass is 385 g/mol. The van der Waals surface area contributed by atoms with Gasteiger partial charge in [-0.25, -0.2) is 0 Å². The smallest absolute Gasteiger partial charge is 0.177 e. The largest absolute Gasteiger partial charge is 0.358 e. The lowest BCUT2D eigenvalue weighted by Gasteiger charge is -2.47. The molecule has 0 aromatic heterocycles. The SMILES string of the molecule is CPPC1OCC2O[C@@H](Sc3ccccc3)[C@H](N=[N+]=[N-])C(C)[C@H]2O1. The lowest BCUT2D eigenvalue weighted by atomic mass is 9.90. The molecular weight excluding hydrogens is 364 g/mol. The second-order valence-corrected chi connectivity index (χ2v) is 10.5. The maximum atomic E-state index is 8.98. The molecule has 1 aromatic rings. The molecule has 2 saturated heterocycles. The highest BCUT2D eigenvalue weighted by Gasteiger charge is 2.47. The van der Waals surface area contributed by atoms with E-state index in [1.165, 1.54) is 0 Å². The molecule has 5 unspecified atom stereocenters. The van der Waals surface area contributed by atoms with Crippen molar-refractivity contribution in [1.82, 2.24) is 0 Å². The van der Waals surface area contributed by atoms with Gasteiger partial charge in [0.2, 0.25) is 0 Å². The number of rotatable bonds is 5. The van der Waals surface area contributed by atoms with Gasteiger partial charge in [0.25, 0.3) is 0 Å². The van der Waals surface area contributed by atoms with Crippen LogP contribution < -0.4 is 0 Å². The van der Waals surface area contributed by atoms with Gasteiger partial charge in [0, 0.05) is 9.81 Å². The lowest BCUT2D eigenvalue weighted by molar-refractivity contribution is -0.262. The van der Waals surface area contributed by atoms with E-state index in [-0.39, 0.29) is 35.6 Å². The normalized spacial score (nSPS) is 36.8. The molecule has 0 radical (unpaired) electrons. The summed E-state index contributed by atoms with van der Waals surface area (Å²) in [6.45, 7) is 4.76. The first-order chi connectivity index (χ1) is 11.7. The van der Waals surface area contributed by atoms with Crippen LogP contribution in [0.5, 0.6) is 0 Å². The van der Waals surface area contributed by atoms with Crippen LogP contribution in [0.2, 0.25) is 0 Å². The Labute approximate surface area is 149 Å². The van der Waals surface area contributed by atoms with Crippen molar-refractivity contribution in [3.8, 4) is 0 Å². The second kappa shape index (κ2) is 8.82. The van der Waals surface area contributed by atoms with Crippen molar-refractivity contribution in [1.29, 1.82) is 0 Å². The van der Waals surface area contributed by atoms with Gasteiger partial charge >= 0.3 is 0 Å². The molecule has 2 fully saturated rings. The summed E-state index contributed by atoms with van der Waals surface area (Å²) in [6.07, 6.45) is -0.205. The zero-order valence-corrected chi connectivity index (χ0v) is 16.3. The van der Waals surface area contributed by atoms with Crippen LogP contribution in [0, 0.1) is 5.92 Å². The average molecular weight is 385 g/mol. The van der Waals surface area contributed by atoms with Gasteiger partial charge < -0.3 is 14.2 Å². The third-order valence-corrected chi connectivity index (χ3v) is 7.71. The molecule has 8 atom stereocenters. The summed E-state index contributed by atoms with van der Waals surface area (Å²) in [4.78, 5) is 4.14. The highest BCUT2D eigenvalue weighted by Crippen LogP contribution is 2.46. The van der Waals surface area contributed by atoms with Crippen LogP contribution in [-0.4, -0.2) is 43.0 Å². The van der Waals surface area contributed by atoms with Crippen molar-refractivity contribution in [3.05, 3.63) is 40.8 Å². The summed E-state index contributed by atoms with van der Waals surface area (Å²) in [5.41, 5.74) is 8.75. The maximum Gasteiger partial charge on any atom is 0.177 e. The minimum Gasteiger partial charge on any atom is -0.358 e. The van der Waals surface area contributed by atoms with Gasteiger partial charge in [-0.1, -0.05) is 50.3 Å². The molecule has 130 valence electrons. The predicted molar refractivity (Wildman–Crippen MR) is 100 cm³/mol. The Bertz CT molecular complexity index is 591. The molecular formula is C15H21N3O3P2S. The number of thioether (sulfide) groups is 1. The zero-order chi connectivity index (χ0) is 16.9. The summed E-state index contributed by atoms with van der Waals surface area (Å²) >= 11 is 1.59. The van der Waals surface area contributed by atoms with E-state index in [4.69, 9.17) is 19.7 Å². The van der Waals surface area contributed by atoms with Crippen LogP contribution in [-0.2, 0) is 14.2 Å². The van der Waals surface area contributed by atoms with Gasteiger partial charge in [0.1, 0.15) is 11.5 Å². The second-order valence-electron chi connectivity index (χ2n) is 5.69. The summed E-state index contributed by atoms with van der Waals surface area (Å²) in [5.74, 6) is 0.0808. The van der Waals surface area contributed by atoms with E-state index in [1.54, 1.807) is 11.8 Å². The molecule has 0 N–H and O–H groups in total. The number of azide groups is 1. The highest BCUT2D eigenvalue weighted by atomic mass is 32.2. The van der Waals surface area contributed by atoms with E-state index in [9.17, 15) is 0 Å². The molecule has 1 aromatic carbocycles. The first-order valence-corrected chi connectivity index (χ1v) is 12.3. The molecule has 24 heavy (non-hydrogen) atoms. The van der Waals surface area contributed by atoms with E-state index in [1.807, 2.05) is 30.3 Å². The maximum absolute atomic E-state index is 8.98. The van der Waals surface area contributed by atoms with E-state index < -0.39 is 0 Å². The Morgan fingerprint density at radius 1 is 1.29 bits per heavy atom. The van der Waals surface area contributed by atoms with Crippen molar-refractivity contribution in [2.24, 2.45) is 11.0 Å². The molecule has 2 aliphatic heterocycles. The minimum atomic E-state index is -0.271. The number of nitrogens with zero attached hydrogens (tertiary/aromatic N) is 3. The number of fused-ring (bicyclic) bond motifs is 1. The fourth-order valence-corrected chi connectivity index (χ4v) is 5.99. The van der Waals surface area contributed by atoms with Crippen LogP contribution in [0.15, 0.2) is 40.3 Å². The van der Waals surface area contributed by atoms with E-state index >= 15 is 0 Å². The van der Waals surface area contributed by atoms with Gasteiger partial charge in [-0.3, -0.25) is 0 Å². The quantitative estimate of drug-likeness (QED) is 0.325. The van der Waals surface area contributed by atoms with Crippen LogP contribution >= 0.6 is 28.3 Å². The molecule has 3 rings (SSSR count). The van der Waals surface area contributed by atoms with Crippen molar-refractivity contribution >= 4 is 28.3 Å². The Hall–Kier alpha value is -0.380. The Kier molecular flexibility index (Phi) is 6.77. The standard InChI is InChI=1S/C15H21N3O3P2S/c1-9-12(17-18-16)14(24-10-6-4-3-5-7-10)20-11-8-19-15(23-22-2)21-13(9)11/h3-7,9,11-15,22-23H,8H2,1-2H3/t9?,11?,12-,13-,14+,15?/m1/s1. The van der Waals surface area contributed by atoms with Gasteiger partial charge in [-0.2, -0.15) is 0 Å². The molecule has 0 spiro atoms. The number of benzene rings is 1. The van der Waals surface area contributed by atoms with Gasteiger partial charge in [-0.05, 0) is 38.5 Å². The molecule has 2 heterocycles. The van der Waals surface area contributed by atoms with Crippen molar-refractivity contribution in [2.75, 3.05) is 13.3 Å². The number of hydrogen-bond donors (Lipinski definition) is 0. The fourth-order valence-electron chi connectivity index (χ4n) is 2.96. The van der Waals surface area contributed by atoms with E-state index in [2.05, 4.69) is 23.6 Å².